The van der Waals surface area contributed by atoms with Gasteiger partial charge in [-0.1, -0.05) is 0 Å². The molecule has 0 aliphatic carbocycles. The fourth-order valence-corrected chi connectivity index (χ4v) is 1.87. The van der Waals surface area contributed by atoms with Gasteiger partial charge in [0, 0.05) is 6.20 Å². The molecule has 10 heteroatoms. The third kappa shape index (κ3) is 4.33. The predicted molar refractivity (Wildman–Crippen MR) is 70.4 cm³/mol. The Hall–Kier alpha value is -1.84. The zero-order chi connectivity index (χ0) is 16.9. The van der Waals surface area contributed by atoms with E-state index in [4.69, 9.17) is 4.74 Å². The van der Waals surface area contributed by atoms with Crippen molar-refractivity contribution in [3.8, 4) is 5.75 Å². The van der Waals surface area contributed by atoms with Crippen LogP contribution in [0.25, 0.3) is 0 Å². The van der Waals surface area contributed by atoms with Gasteiger partial charge in [0.1, 0.15) is 5.56 Å². The number of hydrogen-bond donors (Lipinski definition) is 0. The molecule has 0 N–H and O–H groups in total. The van der Waals surface area contributed by atoms with Crippen LogP contribution in [0.3, 0.4) is 0 Å². The molecular formula is C12H11BrF3NO5. The van der Waals surface area contributed by atoms with Crippen molar-refractivity contribution < 1.29 is 37.0 Å². The fourth-order valence-electron chi connectivity index (χ4n) is 1.45. The number of rotatable bonds is 5. The highest BCUT2D eigenvalue weighted by molar-refractivity contribution is 9.10. The van der Waals surface area contributed by atoms with Gasteiger partial charge in [0.05, 0.1) is 18.2 Å². The third-order valence-electron chi connectivity index (χ3n) is 2.29. The first-order valence-electron chi connectivity index (χ1n) is 5.84. The van der Waals surface area contributed by atoms with Crippen LogP contribution in [-0.2, 0) is 20.4 Å². The summed E-state index contributed by atoms with van der Waals surface area (Å²) in [5, 5.41) is 0. The second-order valence-corrected chi connectivity index (χ2v) is 4.60. The zero-order valence-electron chi connectivity index (χ0n) is 11.5. The van der Waals surface area contributed by atoms with Crippen LogP contribution in [0.4, 0.5) is 13.2 Å². The molecule has 0 bridgehead atoms. The predicted octanol–water partition coefficient (Wildman–Crippen LogP) is 2.59. The normalized spacial score (nSPS) is 11.0. The summed E-state index contributed by atoms with van der Waals surface area (Å²) in [5.74, 6) is -2.59. The van der Waals surface area contributed by atoms with Crippen LogP contribution in [0.15, 0.2) is 10.7 Å². The molecule has 0 saturated carbocycles. The van der Waals surface area contributed by atoms with E-state index in [0.717, 1.165) is 13.3 Å². The second kappa shape index (κ2) is 7.43. The Bertz CT molecular complexity index is 577. The lowest BCUT2D eigenvalue weighted by molar-refractivity contribution is -0.145. The first-order valence-corrected chi connectivity index (χ1v) is 6.64. The van der Waals surface area contributed by atoms with Crippen LogP contribution in [0.2, 0.25) is 0 Å². The minimum Gasteiger partial charge on any atom is -0.480 e. The molecule has 0 spiro atoms. The number of carbonyl (C=O) groups excluding carboxylic acids is 2. The number of pyridine rings is 1. The minimum atomic E-state index is -4.90. The lowest BCUT2D eigenvalue weighted by Gasteiger charge is -2.16. The van der Waals surface area contributed by atoms with Crippen LogP contribution in [0, 0.1) is 0 Å². The van der Waals surface area contributed by atoms with E-state index in [2.05, 4.69) is 30.4 Å². The van der Waals surface area contributed by atoms with Crippen molar-refractivity contribution in [1.82, 2.24) is 4.98 Å². The van der Waals surface area contributed by atoms with Crippen LogP contribution < -0.4 is 4.74 Å². The van der Waals surface area contributed by atoms with Crippen molar-refractivity contribution >= 4 is 27.9 Å². The number of methoxy groups -OCH3 is 1. The van der Waals surface area contributed by atoms with Gasteiger partial charge in [0.25, 0.3) is 0 Å². The van der Waals surface area contributed by atoms with Crippen LogP contribution in [0.5, 0.6) is 5.75 Å². The molecule has 0 amide bonds. The first kappa shape index (κ1) is 18.2. The van der Waals surface area contributed by atoms with Gasteiger partial charge >= 0.3 is 18.1 Å². The molecule has 0 aliphatic heterocycles. The van der Waals surface area contributed by atoms with Gasteiger partial charge in [0.2, 0.25) is 0 Å². The average Bonchev–Trinajstić information content (AvgIpc) is 2.43. The molecular weight excluding hydrogens is 375 g/mol. The van der Waals surface area contributed by atoms with E-state index >= 15 is 0 Å². The number of hydrogen-bond acceptors (Lipinski definition) is 6. The van der Waals surface area contributed by atoms with Gasteiger partial charge in [-0.2, -0.15) is 13.2 Å². The maximum atomic E-state index is 12.9. The average molecular weight is 386 g/mol. The van der Waals surface area contributed by atoms with Crippen LogP contribution >= 0.6 is 15.9 Å². The Kier molecular flexibility index (Phi) is 6.15. The molecule has 0 unspecified atom stereocenters. The first-order chi connectivity index (χ1) is 10.2. The highest BCUT2D eigenvalue weighted by Crippen LogP contribution is 2.38. The molecule has 0 atom stereocenters. The summed E-state index contributed by atoms with van der Waals surface area (Å²) in [5.41, 5.74) is -2.39. The molecule has 0 fully saturated rings. The lowest BCUT2D eigenvalue weighted by Crippen LogP contribution is -2.21. The molecule has 0 saturated heterocycles. The summed E-state index contributed by atoms with van der Waals surface area (Å²) in [7, 11) is 0.915. The van der Waals surface area contributed by atoms with Crippen molar-refractivity contribution in [2.24, 2.45) is 0 Å². The second-order valence-electron chi connectivity index (χ2n) is 3.74. The van der Waals surface area contributed by atoms with E-state index in [1.165, 1.54) is 0 Å². The molecule has 6 nitrogen and oxygen atoms in total. The smallest absolute Gasteiger partial charge is 0.434 e. The largest absolute Gasteiger partial charge is 0.480 e. The van der Waals surface area contributed by atoms with Gasteiger partial charge in [0.15, 0.2) is 18.1 Å². The van der Waals surface area contributed by atoms with Crippen LogP contribution in [-0.4, -0.2) is 37.2 Å². The molecule has 22 heavy (non-hydrogen) atoms. The Morgan fingerprint density at radius 3 is 2.50 bits per heavy atom. The number of halogens is 4. The zero-order valence-corrected chi connectivity index (χ0v) is 13.1. The quantitative estimate of drug-likeness (QED) is 0.725. The summed E-state index contributed by atoms with van der Waals surface area (Å²) >= 11 is 2.92. The minimum absolute atomic E-state index is 0.0369. The fraction of sp³-hybridized carbons (Fsp3) is 0.417. The molecule has 0 aliphatic rings. The number of esters is 2. The van der Waals surface area contributed by atoms with E-state index in [1.54, 1.807) is 6.92 Å². The Labute approximate surface area is 131 Å². The molecule has 1 rings (SSSR count). The molecule has 0 aromatic carbocycles. The van der Waals surface area contributed by atoms with Crippen molar-refractivity contribution in [1.29, 1.82) is 0 Å². The SMILES string of the molecule is CCOC(=O)COc1c(Br)cnc(C(F)(F)F)c1C(=O)OC. The highest BCUT2D eigenvalue weighted by Gasteiger charge is 2.40. The maximum absolute atomic E-state index is 12.9. The number of carbonyl (C=O) groups is 2. The van der Waals surface area contributed by atoms with E-state index < -0.39 is 41.7 Å². The van der Waals surface area contributed by atoms with E-state index in [9.17, 15) is 22.8 Å². The van der Waals surface area contributed by atoms with E-state index in [1.807, 2.05) is 0 Å². The number of nitrogens with zero attached hydrogens (tertiary/aromatic N) is 1. The molecule has 1 heterocycles. The van der Waals surface area contributed by atoms with Crippen molar-refractivity contribution in [3.63, 3.8) is 0 Å². The summed E-state index contributed by atoms with van der Waals surface area (Å²) in [4.78, 5) is 26.1. The summed E-state index contributed by atoms with van der Waals surface area (Å²) < 4.78 is 52.7. The van der Waals surface area contributed by atoms with E-state index in [-0.39, 0.29) is 11.1 Å². The Balaban J connectivity index is 3.29. The van der Waals surface area contributed by atoms with Crippen molar-refractivity contribution in [2.45, 2.75) is 13.1 Å². The van der Waals surface area contributed by atoms with Gasteiger partial charge in [-0.3, -0.25) is 0 Å². The summed E-state index contributed by atoms with van der Waals surface area (Å²) in [6, 6.07) is 0. The number of aromatic nitrogens is 1. The van der Waals surface area contributed by atoms with Crippen molar-refractivity contribution in [3.05, 3.63) is 21.9 Å². The maximum Gasteiger partial charge on any atom is 0.434 e. The molecule has 122 valence electrons. The molecule has 0 radical (unpaired) electrons. The Morgan fingerprint density at radius 2 is 2.00 bits per heavy atom. The molecule has 1 aromatic heterocycles. The summed E-state index contributed by atoms with van der Waals surface area (Å²) in [6.45, 7) is 0.969. The topological polar surface area (TPSA) is 74.7 Å². The monoisotopic (exact) mass is 385 g/mol. The van der Waals surface area contributed by atoms with Gasteiger partial charge in [-0.05, 0) is 22.9 Å². The summed E-state index contributed by atoms with van der Waals surface area (Å²) in [6.07, 6.45) is -4.08. The molecule has 1 aromatic rings. The lowest BCUT2D eigenvalue weighted by atomic mass is 10.1. The third-order valence-corrected chi connectivity index (χ3v) is 2.85. The van der Waals surface area contributed by atoms with Crippen LogP contribution in [0.1, 0.15) is 23.0 Å². The standard InChI is InChI=1S/C12H11BrF3NO5/c1-3-21-7(18)5-22-9-6(13)4-17-10(12(14,15)16)8(9)11(19)20-2/h4H,3,5H2,1-2H3. The van der Waals surface area contributed by atoms with Crippen molar-refractivity contribution in [2.75, 3.05) is 20.3 Å². The number of ether oxygens (including phenoxy) is 3. The van der Waals surface area contributed by atoms with E-state index in [0.29, 0.717) is 0 Å². The Morgan fingerprint density at radius 1 is 1.36 bits per heavy atom. The number of alkyl halides is 3. The van der Waals surface area contributed by atoms with Gasteiger partial charge < -0.3 is 14.2 Å². The van der Waals surface area contributed by atoms with Gasteiger partial charge in [-0.15, -0.1) is 0 Å². The van der Waals surface area contributed by atoms with Gasteiger partial charge in [-0.25, -0.2) is 14.6 Å². The highest BCUT2D eigenvalue weighted by atomic mass is 79.9.